The molecule has 0 spiro atoms. The molecular weight excluding hydrogens is 184 g/mol. The number of rotatable bonds is 1. The minimum absolute atomic E-state index is 0.00336. The van der Waals surface area contributed by atoms with Gasteiger partial charge in [0.1, 0.15) is 0 Å². The maximum absolute atomic E-state index is 11.0. The summed E-state index contributed by atoms with van der Waals surface area (Å²) in [6.45, 7) is 13.3. The summed E-state index contributed by atoms with van der Waals surface area (Å²) in [5.41, 5.74) is -0.477. The molecule has 0 heterocycles. The lowest BCUT2D eigenvalue weighted by Gasteiger charge is -2.52. The average Bonchev–Trinajstić information content (AvgIpc) is 2.00. The van der Waals surface area contributed by atoms with E-state index >= 15 is 0 Å². The molecule has 0 unspecified atom stereocenters. The molecule has 15 heavy (non-hydrogen) atoms. The maximum Gasteiger partial charge on any atom is 0.0728 e. The van der Waals surface area contributed by atoms with Crippen LogP contribution in [-0.2, 0) is 0 Å². The van der Waals surface area contributed by atoms with Gasteiger partial charge in [-0.2, -0.15) is 0 Å². The van der Waals surface area contributed by atoms with Gasteiger partial charge in [-0.3, -0.25) is 0 Å². The third-order valence-corrected chi connectivity index (χ3v) is 4.35. The Balaban J connectivity index is 2.97. The number of hydrogen-bond donors (Lipinski definition) is 1. The summed E-state index contributed by atoms with van der Waals surface area (Å²) in [4.78, 5) is 0. The molecule has 3 atom stereocenters. The van der Waals surface area contributed by atoms with Crippen LogP contribution in [0.1, 0.15) is 60.8 Å². The van der Waals surface area contributed by atoms with Crippen LogP contribution in [0.15, 0.2) is 0 Å². The summed E-state index contributed by atoms with van der Waals surface area (Å²) in [5.74, 6) is 1.72. The Morgan fingerprint density at radius 2 is 1.73 bits per heavy atom. The fraction of sp³-hybridized carbons (Fsp3) is 1.00. The summed E-state index contributed by atoms with van der Waals surface area (Å²) >= 11 is 0. The van der Waals surface area contributed by atoms with Crippen LogP contribution in [0.2, 0.25) is 0 Å². The molecule has 0 aromatic carbocycles. The monoisotopic (exact) mass is 212 g/mol. The molecule has 90 valence electrons. The standard InChI is InChI=1S/C14H28O/c1-10(2)12-8-7-11(3)9-14(12,15)13(4,5)6/h10-12,15H,7-9H2,1-6H3/t11-,12+,14-/m1/s1. The van der Waals surface area contributed by atoms with Gasteiger partial charge < -0.3 is 5.11 Å². The molecule has 1 aliphatic carbocycles. The first-order chi connectivity index (χ1) is 6.68. The zero-order valence-corrected chi connectivity index (χ0v) is 11.3. The van der Waals surface area contributed by atoms with Gasteiger partial charge in [-0.1, -0.05) is 48.0 Å². The van der Waals surface area contributed by atoms with E-state index < -0.39 is 5.60 Å². The normalized spacial score (nSPS) is 38.4. The third kappa shape index (κ3) is 2.38. The van der Waals surface area contributed by atoms with Crippen molar-refractivity contribution in [2.45, 2.75) is 66.4 Å². The highest BCUT2D eigenvalue weighted by atomic mass is 16.3. The Labute approximate surface area is 95.3 Å². The Morgan fingerprint density at radius 1 is 1.20 bits per heavy atom. The quantitative estimate of drug-likeness (QED) is 0.700. The minimum Gasteiger partial charge on any atom is -0.389 e. The predicted octanol–water partition coefficient (Wildman–Crippen LogP) is 3.86. The van der Waals surface area contributed by atoms with Crippen molar-refractivity contribution in [3.05, 3.63) is 0 Å². The van der Waals surface area contributed by atoms with Gasteiger partial charge >= 0.3 is 0 Å². The molecule has 1 rings (SSSR count). The molecule has 1 nitrogen and oxygen atoms in total. The fourth-order valence-electron chi connectivity index (χ4n) is 3.23. The van der Waals surface area contributed by atoms with Crippen LogP contribution in [0.4, 0.5) is 0 Å². The van der Waals surface area contributed by atoms with Crippen LogP contribution in [-0.4, -0.2) is 10.7 Å². The molecule has 1 fully saturated rings. The van der Waals surface area contributed by atoms with E-state index in [0.717, 1.165) is 6.42 Å². The smallest absolute Gasteiger partial charge is 0.0728 e. The van der Waals surface area contributed by atoms with Crippen molar-refractivity contribution in [3.63, 3.8) is 0 Å². The topological polar surface area (TPSA) is 20.2 Å². The molecule has 0 aromatic heterocycles. The molecule has 0 amide bonds. The first kappa shape index (κ1) is 13.0. The Kier molecular flexibility index (Phi) is 3.55. The summed E-state index contributed by atoms with van der Waals surface area (Å²) < 4.78 is 0. The van der Waals surface area contributed by atoms with Gasteiger partial charge in [0.15, 0.2) is 0 Å². The Hall–Kier alpha value is -0.0400. The van der Waals surface area contributed by atoms with E-state index in [1.165, 1.54) is 12.8 Å². The second kappa shape index (κ2) is 4.08. The summed E-state index contributed by atoms with van der Waals surface area (Å²) in [5, 5.41) is 11.0. The highest BCUT2D eigenvalue weighted by Gasteiger charge is 2.49. The van der Waals surface area contributed by atoms with E-state index in [1.807, 2.05) is 0 Å². The van der Waals surface area contributed by atoms with Gasteiger partial charge in [-0.15, -0.1) is 0 Å². The zero-order valence-electron chi connectivity index (χ0n) is 11.3. The second-order valence-corrected chi connectivity index (χ2v) is 6.91. The van der Waals surface area contributed by atoms with Crippen molar-refractivity contribution in [2.24, 2.45) is 23.2 Å². The zero-order chi connectivity index (χ0) is 11.9. The van der Waals surface area contributed by atoms with Crippen LogP contribution in [0.5, 0.6) is 0 Å². The molecule has 0 radical (unpaired) electrons. The first-order valence-corrected chi connectivity index (χ1v) is 6.41. The lowest BCUT2D eigenvalue weighted by Crippen LogP contribution is -2.54. The van der Waals surface area contributed by atoms with Crippen molar-refractivity contribution in [3.8, 4) is 0 Å². The van der Waals surface area contributed by atoms with Crippen molar-refractivity contribution in [1.29, 1.82) is 0 Å². The fourth-order valence-corrected chi connectivity index (χ4v) is 3.23. The molecule has 1 saturated carbocycles. The Morgan fingerprint density at radius 3 is 2.13 bits per heavy atom. The van der Waals surface area contributed by atoms with Gasteiger partial charge in [-0.25, -0.2) is 0 Å². The van der Waals surface area contributed by atoms with Gasteiger partial charge in [0.05, 0.1) is 5.60 Å². The van der Waals surface area contributed by atoms with E-state index in [-0.39, 0.29) is 5.41 Å². The van der Waals surface area contributed by atoms with Crippen LogP contribution in [0, 0.1) is 23.2 Å². The SMILES string of the molecule is CC(C)[C@@H]1CC[C@@H](C)C[C@]1(O)C(C)(C)C. The van der Waals surface area contributed by atoms with Gasteiger partial charge in [0.25, 0.3) is 0 Å². The Bertz CT molecular complexity index is 214. The van der Waals surface area contributed by atoms with Gasteiger partial charge in [0.2, 0.25) is 0 Å². The van der Waals surface area contributed by atoms with Crippen molar-refractivity contribution in [2.75, 3.05) is 0 Å². The molecule has 1 heteroatoms. The molecule has 0 saturated heterocycles. The third-order valence-electron chi connectivity index (χ3n) is 4.35. The molecule has 0 aliphatic heterocycles. The lowest BCUT2D eigenvalue weighted by molar-refractivity contribution is -0.150. The molecule has 1 N–H and O–H groups in total. The lowest BCUT2D eigenvalue weighted by atomic mass is 9.57. The van der Waals surface area contributed by atoms with E-state index in [1.54, 1.807) is 0 Å². The summed E-state index contributed by atoms with van der Waals surface area (Å²) in [6, 6.07) is 0. The highest BCUT2D eigenvalue weighted by Crippen LogP contribution is 2.49. The van der Waals surface area contributed by atoms with Crippen LogP contribution in [0.25, 0.3) is 0 Å². The minimum atomic E-state index is -0.473. The summed E-state index contributed by atoms with van der Waals surface area (Å²) in [6.07, 6.45) is 3.44. The van der Waals surface area contributed by atoms with E-state index in [4.69, 9.17) is 0 Å². The van der Waals surface area contributed by atoms with Crippen LogP contribution < -0.4 is 0 Å². The van der Waals surface area contributed by atoms with E-state index in [2.05, 4.69) is 41.5 Å². The van der Waals surface area contributed by atoms with Crippen LogP contribution in [0.3, 0.4) is 0 Å². The largest absolute Gasteiger partial charge is 0.389 e. The summed E-state index contributed by atoms with van der Waals surface area (Å²) in [7, 11) is 0. The van der Waals surface area contributed by atoms with Crippen molar-refractivity contribution in [1.82, 2.24) is 0 Å². The molecule has 0 bridgehead atoms. The molecule has 0 aromatic rings. The number of hydrogen-bond acceptors (Lipinski definition) is 1. The van der Waals surface area contributed by atoms with E-state index in [9.17, 15) is 5.11 Å². The maximum atomic E-state index is 11.0. The first-order valence-electron chi connectivity index (χ1n) is 6.41. The highest BCUT2D eigenvalue weighted by molar-refractivity contribution is 5.00. The van der Waals surface area contributed by atoms with Crippen molar-refractivity contribution < 1.29 is 5.11 Å². The second-order valence-electron chi connectivity index (χ2n) is 6.91. The molecule has 1 aliphatic rings. The van der Waals surface area contributed by atoms with Crippen LogP contribution >= 0.6 is 0 Å². The van der Waals surface area contributed by atoms with Gasteiger partial charge in [-0.05, 0) is 36.0 Å². The number of aliphatic hydroxyl groups is 1. The van der Waals surface area contributed by atoms with E-state index in [0.29, 0.717) is 17.8 Å². The van der Waals surface area contributed by atoms with Gasteiger partial charge in [0, 0.05) is 0 Å². The molecular formula is C14H28O. The predicted molar refractivity (Wildman–Crippen MR) is 65.7 cm³/mol. The average molecular weight is 212 g/mol. The van der Waals surface area contributed by atoms with Crippen molar-refractivity contribution >= 4 is 0 Å².